The van der Waals surface area contributed by atoms with Gasteiger partial charge in [0.15, 0.2) is 0 Å². The lowest BCUT2D eigenvalue weighted by molar-refractivity contribution is 0.411. The summed E-state index contributed by atoms with van der Waals surface area (Å²) >= 11 is 13.9. The molecular formula is C13H18Cl2N2S. The lowest BCUT2D eigenvalue weighted by Crippen LogP contribution is -2.35. The molecule has 18 heavy (non-hydrogen) atoms. The Morgan fingerprint density at radius 1 is 1.33 bits per heavy atom. The van der Waals surface area contributed by atoms with Crippen molar-refractivity contribution in [2.24, 2.45) is 0 Å². The van der Waals surface area contributed by atoms with Crippen LogP contribution in [0.4, 0.5) is 5.82 Å². The Hall–Kier alpha value is -0.120. The number of thioether (sulfide) groups is 1. The minimum absolute atomic E-state index is 0.336. The second kappa shape index (κ2) is 6.36. The van der Waals surface area contributed by atoms with Crippen LogP contribution in [0, 0.1) is 0 Å². The third kappa shape index (κ3) is 3.46. The zero-order valence-electron chi connectivity index (χ0n) is 10.5. The molecule has 0 aliphatic heterocycles. The van der Waals surface area contributed by atoms with Crippen molar-refractivity contribution in [3.8, 4) is 0 Å². The van der Waals surface area contributed by atoms with E-state index in [1.165, 1.54) is 32.1 Å². The van der Waals surface area contributed by atoms with Gasteiger partial charge in [-0.2, -0.15) is 11.8 Å². The first-order valence-electron chi connectivity index (χ1n) is 6.25. The van der Waals surface area contributed by atoms with E-state index in [4.69, 9.17) is 23.2 Å². The van der Waals surface area contributed by atoms with Gasteiger partial charge in [-0.1, -0.05) is 42.5 Å². The monoisotopic (exact) mass is 304 g/mol. The molecule has 1 fully saturated rings. The lowest BCUT2D eigenvalue weighted by Gasteiger charge is -2.36. The normalized spacial score (nSPS) is 18.6. The predicted molar refractivity (Wildman–Crippen MR) is 82.1 cm³/mol. The van der Waals surface area contributed by atoms with Crippen LogP contribution in [0.3, 0.4) is 0 Å². The third-order valence-corrected chi connectivity index (χ3v) is 5.50. The van der Waals surface area contributed by atoms with E-state index in [2.05, 4.69) is 16.6 Å². The van der Waals surface area contributed by atoms with Crippen LogP contribution in [0.1, 0.15) is 32.1 Å². The topological polar surface area (TPSA) is 24.9 Å². The van der Waals surface area contributed by atoms with Crippen LogP contribution in [0.5, 0.6) is 0 Å². The van der Waals surface area contributed by atoms with Gasteiger partial charge in [-0.05, 0) is 25.2 Å². The maximum absolute atomic E-state index is 6.12. The summed E-state index contributed by atoms with van der Waals surface area (Å²) in [4.78, 5) is 4.24. The van der Waals surface area contributed by atoms with Crippen LogP contribution in [-0.4, -0.2) is 22.5 Å². The molecule has 2 rings (SSSR count). The smallest absolute Gasteiger partial charge is 0.144 e. The van der Waals surface area contributed by atoms with Gasteiger partial charge in [0, 0.05) is 17.5 Å². The molecule has 0 atom stereocenters. The molecular weight excluding hydrogens is 287 g/mol. The van der Waals surface area contributed by atoms with Crippen LogP contribution >= 0.6 is 35.0 Å². The molecule has 0 amide bonds. The average molecular weight is 305 g/mol. The van der Waals surface area contributed by atoms with Crippen molar-refractivity contribution in [2.45, 2.75) is 36.9 Å². The molecule has 1 aromatic heterocycles. The first-order chi connectivity index (χ1) is 8.65. The summed E-state index contributed by atoms with van der Waals surface area (Å²) in [5.41, 5.74) is 0. The molecule has 5 heteroatoms. The molecule has 0 aromatic carbocycles. The fourth-order valence-corrected chi connectivity index (χ4v) is 3.80. The van der Waals surface area contributed by atoms with Crippen LogP contribution in [0.15, 0.2) is 12.3 Å². The fraction of sp³-hybridized carbons (Fsp3) is 0.615. The molecule has 0 unspecified atom stereocenters. The Bertz CT molecular complexity index is 406. The number of aromatic nitrogens is 1. The summed E-state index contributed by atoms with van der Waals surface area (Å²) in [6, 6.07) is 1.73. The molecule has 1 aromatic rings. The summed E-state index contributed by atoms with van der Waals surface area (Å²) in [6.07, 6.45) is 10.4. The summed E-state index contributed by atoms with van der Waals surface area (Å²) in [5, 5.41) is 4.54. The van der Waals surface area contributed by atoms with E-state index in [0.29, 0.717) is 14.8 Å². The van der Waals surface area contributed by atoms with Gasteiger partial charge >= 0.3 is 0 Å². The van der Waals surface area contributed by atoms with Crippen molar-refractivity contribution in [3.05, 3.63) is 22.3 Å². The van der Waals surface area contributed by atoms with Gasteiger partial charge in [0.05, 0.1) is 10.0 Å². The Kier molecular flexibility index (Phi) is 5.05. The van der Waals surface area contributed by atoms with Crippen molar-refractivity contribution in [1.82, 2.24) is 4.98 Å². The van der Waals surface area contributed by atoms with Crippen molar-refractivity contribution >= 4 is 40.8 Å². The Morgan fingerprint density at radius 2 is 2.06 bits per heavy atom. The number of hydrogen-bond donors (Lipinski definition) is 1. The molecule has 0 bridgehead atoms. The molecule has 2 nitrogen and oxygen atoms in total. The average Bonchev–Trinajstić information content (AvgIpc) is 2.39. The molecule has 100 valence electrons. The summed E-state index contributed by atoms with van der Waals surface area (Å²) in [6.45, 7) is 0.919. The molecule has 1 N–H and O–H groups in total. The Labute approximate surface area is 123 Å². The first-order valence-corrected chi connectivity index (χ1v) is 8.23. The van der Waals surface area contributed by atoms with Crippen molar-refractivity contribution in [2.75, 3.05) is 18.1 Å². The van der Waals surface area contributed by atoms with Gasteiger partial charge < -0.3 is 5.32 Å². The highest BCUT2D eigenvalue weighted by atomic mass is 35.5. The van der Waals surface area contributed by atoms with Crippen LogP contribution in [0.2, 0.25) is 10.0 Å². The number of hydrogen-bond acceptors (Lipinski definition) is 3. The van der Waals surface area contributed by atoms with E-state index in [1.807, 2.05) is 11.8 Å². The molecule has 1 aliphatic rings. The van der Waals surface area contributed by atoms with Gasteiger partial charge in [-0.3, -0.25) is 0 Å². The second-order valence-corrected chi connectivity index (χ2v) is 6.90. The van der Waals surface area contributed by atoms with E-state index < -0.39 is 0 Å². The Balaban J connectivity index is 2.01. The SMILES string of the molecule is CSC1(CNc2ncc(Cl)cc2Cl)CCCCC1. The number of nitrogens with one attached hydrogen (secondary N) is 1. The second-order valence-electron chi connectivity index (χ2n) is 4.79. The summed E-state index contributed by atoms with van der Waals surface area (Å²) in [5.74, 6) is 0.736. The standard InChI is InChI=1S/C13H18Cl2N2S/c1-18-13(5-3-2-4-6-13)9-17-12-11(15)7-10(14)8-16-12/h7-8H,2-6,9H2,1H3,(H,16,17). The fourth-order valence-electron chi connectivity index (χ4n) is 2.44. The molecule has 1 aliphatic carbocycles. The quantitative estimate of drug-likeness (QED) is 0.859. The molecule has 1 saturated carbocycles. The van der Waals surface area contributed by atoms with Gasteiger partial charge in [-0.25, -0.2) is 4.98 Å². The molecule has 0 saturated heterocycles. The van der Waals surface area contributed by atoms with Gasteiger partial charge in [-0.15, -0.1) is 0 Å². The number of anilines is 1. The first kappa shape index (κ1) is 14.3. The zero-order valence-corrected chi connectivity index (χ0v) is 12.8. The van der Waals surface area contributed by atoms with Gasteiger partial charge in [0.1, 0.15) is 5.82 Å². The van der Waals surface area contributed by atoms with E-state index in [1.54, 1.807) is 12.3 Å². The Morgan fingerprint density at radius 3 is 2.67 bits per heavy atom. The van der Waals surface area contributed by atoms with Crippen LogP contribution in [-0.2, 0) is 0 Å². The van der Waals surface area contributed by atoms with E-state index in [0.717, 1.165) is 12.4 Å². The van der Waals surface area contributed by atoms with Gasteiger partial charge in [0.25, 0.3) is 0 Å². The largest absolute Gasteiger partial charge is 0.367 e. The van der Waals surface area contributed by atoms with Crippen LogP contribution in [0.25, 0.3) is 0 Å². The minimum Gasteiger partial charge on any atom is -0.367 e. The highest BCUT2D eigenvalue weighted by Gasteiger charge is 2.31. The van der Waals surface area contributed by atoms with Crippen molar-refractivity contribution in [1.29, 1.82) is 0 Å². The number of halogens is 2. The van der Waals surface area contributed by atoms with Gasteiger partial charge in [0.2, 0.25) is 0 Å². The molecule has 1 heterocycles. The molecule has 0 spiro atoms. The number of nitrogens with zero attached hydrogens (tertiary/aromatic N) is 1. The minimum atomic E-state index is 0.336. The highest BCUT2D eigenvalue weighted by Crippen LogP contribution is 2.39. The van der Waals surface area contributed by atoms with Crippen LogP contribution < -0.4 is 5.32 Å². The summed E-state index contributed by atoms with van der Waals surface area (Å²) in [7, 11) is 0. The van der Waals surface area contributed by atoms with Crippen molar-refractivity contribution in [3.63, 3.8) is 0 Å². The number of rotatable bonds is 4. The van der Waals surface area contributed by atoms with E-state index in [9.17, 15) is 0 Å². The lowest BCUT2D eigenvalue weighted by atomic mass is 9.88. The number of pyridine rings is 1. The molecule has 0 radical (unpaired) electrons. The van der Waals surface area contributed by atoms with Crippen molar-refractivity contribution < 1.29 is 0 Å². The predicted octanol–water partition coefficient (Wildman–Crippen LogP) is 4.87. The highest BCUT2D eigenvalue weighted by molar-refractivity contribution is 8.00. The van der Waals surface area contributed by atoms with E-state index in [-0.39, 0.29) is 0 Å². The maximum atomic E-state index is 6.12. The zero-order chi connectivity index (χ0) is 13.0. The summed E-state index contributed by atoms with van der Waals surface area (Å²) < 4.78 is 0.336. The third-order valence-electron chi connectivity index (χ3n) is 3.58. The van der Waals surface area contributed by atoms with E-state index >= 15 is 0 Å². The maximum Gasteiger partial charge on any atom is 0.144 e.